The number of aliphatic imine (C=N–C) groups is 2. The average Bonchev–Trinajstić information content (AvgIpc) is 3.07. The Morgan fingerprint density at radius 2 is 1.60 bits per heavy atom. The lowest BCUT2D eigenvalue weighted by molar-refractivity contribution is -0.302. The molecular weight excluding hydrogens is 312 g/mol. The molecule has 130 valence electrons. The van der Waals surface area contributed by atoms with Crippen molar-refractivity contribution >= 4 is 11.5 Å². The Kier molecular flexibility index (Phi) is 5.74. The zero-order valence-corrected chi connectivity index (χ0v) is 14.6. The van der Waals surface area contributed by atoms with Crippen molar-refractivity contribution < 1.29 is 10.1 Å². The highest BCUT2D eigenvalue weighted by Gasteiger charge is 2.44. The minimum absolute atomic E-state index is 0.632. The lowest BCUT2D eigenvalue weighted by atomic mass is 9.93. The molecule has 0 fully saturated rings. The average molecular weight is 336 g/mol. The van der Waals surface area contributed by atoms with Crippen LogP contribution in [0.4, 0.5) is 0 Å². The van der Waals surface area contributed by atoms with E-state index < -0.39 is 5.72 Å². The van der Waals surface area contributed by atoms with Crippen LogP contribution in [0.15, 0.2) is 70.6 Å². The molecule has 0 aromatic heterocycles. The molecule has 4 heteroatoms. The number of hydrogen-bond acceptors (Lipinski definition) is 4. The van der Waals surface area contributed by atoms with E-state index in [4.69, 9.17) is 14.9 Å². The van der Waals surface area contributed by atoms with Crippen molar-refractivity contribution in [1.29, 1.82) is 0 Å². The molecule has 2 aromatic carbocycles. The topological polar surface area (TPSA) is 54.2 Å². The molecular formula is C21H24N2O2. The molecule has 2 aromatic rings. The second kappa shape index (κ2) is 8.19. The molecule has 0 saturated carbocycles. The van der Waals surface area contributed by atoms with Crippen LogP contribution in [0, 0.1) is 0 Å². The minimum atomic E-state index is -1.29. The van der Waals surface area contributed by atoms with Crippen LogP contribution in [0.5, 0.6) is 0 Å². The van der Waals surface area contributed by atoms with Crippen molar-refractivity contribution in [2.45, 2.75) is 44.8 Å². The first-order chi connectivity index (χ1) is 12.3. The molecule has 0 radical (unpaired) electrons. The first-order valence-corrected chi connectivity index (χ1v) is 8.91. The van der Waals surface area contributed by atoms with E-state index in [1.165, 1.54) is 12.8 Å². The van der Waals surface area contributed by atoms with Crippen LogP contribution in [0.2, 0.25) is 0 Å². The van der Waals surface area contributed by atoms with Gasteiger partial charge in [0.15, 0.2) is 0 Å². The molecule has 1 N–H and O–H groups in total. The number of benzene rings is 2. The van der Waals surface area contributed by atoms with E-state index in [0.29, 0.717) is 5.71 Å². The quantitative estimate of drug-likeness (QED) is 0.409. The highest BCUT2D eigenvalue weighted by atomic mass is 17.1. The van der Waals surface area contributed by atoms with E-state index in [1.807, 2.05) is 60.7 Å². The predicted octanol–water partition coefficient (Wildman–Crippen LogP) is 5.20. The molecule has 0 spiro atoms. The van der Waals surface area contributed by atoms with Gasteiger partial charge in [0, 0.05) is 17.5 Å². The van der Waals surface area contributed by atoms with Crippen LogP contribution in [0.3, 0.4) is 0 Å². The molecule has 3 rings (SSSR count). The Labute approximate surface area is 148 Å². The van der Waals surface area contributed by atoms with Crippen molar-refractivity contribution in [2.75, 3.05) is 0 Å². The van der Waals surface area contributed by atoms with E-state index in [2.05, 4.69) is 6.92 Å². The highest BCUT2D eigenvalue weighted by Crippen LogP contribution is 2.36. The largest absolute Gasteiger partial charge is 0.262 e. The summed E-state index contributed by atoms with van der Waals surface area (Å²) < 4.78 is 0. The minimum Gasteiger partial charge on any atom is -0.249 e. The third kappa shape index (κ3) is 3.70. The van der Waals surface area contributed by atoms with Gasteiger partial charge in [-0.1, -0.05) is 86.8 Å². The van der Waals surface area contributed by atoms with Crippen LogP contribution in [-0.2, 0) is 10.6 Å². The van der Waals surface area contributed by atoms with E-state index in [-0.39, 0.29) is 0 Å². The van der Waals surface area contributed by atoms with E-state index >= 15 is 0 Å². The molecule has 4 nitrogen and oxygen atoms in total. The summed E-state index contributed by atoms with van der Waals surface area (Å²) in [5.41, 5.74) is 1.01. The molecule has 1 aliphatic rings. The van der Waals surface area contributed by atoms with Gasteiger partial charge in [0.05, 0.1) is 0 Å². The van der Waals surface area contributed by atoms with Crippen LogP contribution in [0.1, 0.15) is 50.2 Å². The predicted molar refractivity (Wildman–Crippen MR) is 101 cm³/mol. The van der Waals surface area contributed by atoms with Crippen LogP contribution < -0.4 is 0 Å². The maximum absolute atomic E-state index is 9.84. The van der Waals surface area contributed by atoms with Crippen molar-refractivity contribution in [3.63, 3.8) is 0 Å². The van der Waals surface area contributed by atoms with E-state index in [0.717, 1.165) is 36.2 Å². The number of unbranched alkanes of at least 4 members (excludes halogenated alkanes) is 3. The Balaban J connectivity index is 1.97. The molecule has 1 aliphatic heterocycles. The van der Waals surface area contributed by atoms with Gasteiger partial charge in [0.25, 0.3) is 5.72 Å². The van der Waals surface area contributed by atoms with E-state index in [1.54, 1.807) is 0 Å². The van der Waals surface area contributed by atoms with Gasteiger partial charge in [-0.3, -0.25) is 0 Å². The van der Waals surface area contributed by atoms with Crippen molar-refractivity contribution in [1.82, 2.24) is 0 Å². The zero-order valence-electron chi connectivity index (χ0n) is 14.6. The standard InChI is InChI=1S/C21H24N2O2/c1-2-3-4-11-16-19-22-20(17-12-7-5-8-13-17)21(23-19,25-24)18-14-9-6-10-15-18/h5-10,12-15,24H,2-4,11,16H2,1H3. The zero-order chi connectivity index (χ0) is 17.5. The monoisotopic (exact) mass is 336 g/mol. The fourth-order valence-corrected chi connectivity index (χ4v) is 3.12. The van der Waals surface area contributed by atoms with Crippen LogP contribution in [0.25, 0.3) is 0 Å². The molecule has 1 heterocycles. The van der Waals surface area contributed by atoms with Gasteiger partial charge in [-0.2, -0.15) is 4.89 Å². The summed E-state index contributed by atoms with van der Waals surface area (Å²) in [6.07, 6.45) is 5.38. The second-order valence-electron chi connectivity index (χ2n) is 6.27. The first-order valence-electron chi connectivity index (χ1n) is 8.91. The lowest BCUT2D eigenvalue weighted by Gasteiger charge is -2.25. The van der Waals surface area contributed by atoms with E-state index in [9.17, 15) is 5.26 Å². The number of hydrogen-bond donors (Lipinski definition) is 1. The third-order valence-electron chi connectivity index (χ3n) is 4.45. The second-order valence-corrected chi connectivity index (χ2v) is 6.27. The molecule has 0 saturated heterocycles. The van der Waals surface area contributed by atoms with Crippen LogP contribution >= 0.6 is 0 Å². The Bertz CT molecular complexity index is 741. The van der Waals surface area contributed by atoms with Gasteiger partial charge >= 0.3 is 0 Å². The number of rotatable bonds is 8. The summed E-state index contributed by atoms with van der Waals surface area (Å²) in [5, 5.41) is 9.84. The maximum atomic E-state index is 9.84. The number of nitrogens with zero attached hydrogens (tertiary/aromatic N) is 2. The van der Waals surface area contributed by atoms with Crippen LogP contribution in [-0.4, -0.2) is 16.8 Å². The summed E-state index contributed by atoms with van der Waals surface area (Å²) in [6, 6.07) is 19.3. The van der Waals surface area contributed by atoms with Gasteiger partial charge in [0.2, 0.25) is 0 Å². The Hall–Kier alpha value is -2.30. The first kappa shape index (κ1) is 17.5. The lowest BCUT2D eigenvalue weighted by Crippen LogP contribution is -2.34. The van der Waals surface area contributed by atoms with Gasteiger partial charge in [-0.05, 0) is 6.42 Å². The van der Waals surface area contributed by atoms with Crippen molar-refractivity contribution in [3.8, 4) is 0 Å². The summed E-state index contributed by atoms with van der Waals surface area (Å²) in [5.74, 6) is 0.729. The smallest absolute Gasteiger partial charge is 0.249 e. The Morgan fingerprint density at radius 3 is 2.24 bits per heavy atom. The molecule has 1 atom stereocenters. The fraction of sp³-hybridized carbons (Fsp3) is 0.333. The molecule has 1 unspecified atom stereocenters. The van der Waals surface area contributed by atoms with Crippen molar-refractivity contribution in [3.05, 3.63) is 71.8 Å². The normalized spacial score (nSPS) is 19.6. The summed E-state index contributed by atoms with van der Waals surface area (Å²) in [4.78, 5) is 14.4. The molecule has 0 bridgehead atoms. The summed E-state index contributed by atoms with van der Waals surface area (Å²) in [6.45, 7) is 2.19. The molecule has 0 aliphatic carbocycles. The Morgan fingerprint density at radius 1 is 0.920 bits per heavy atom. The van der Waals surface area contributed by atoms with Gasteiger partial charge in [-0.25, -0.2) is 15.2 Å². The maximum Gasteiger partial charge on any atom is 0.262 e. The van der Waals surface area contributed by atoms with Gasteiger partial charge < -0.3 is 0 Å². The molecule has 25 heavy (non-hydrogen) atoms. The summed E-state index contributed by atoms with van der Waals surface area (Å²) >= 11 is 0. The SMILES string of the molecule is CCCCCCC1=NC(OO)(c2ccccc2)C(c2ccccc2)=N1. The van der Waals surface area contributed by atoms with Gasteiger partial charge in [-0.15, -0.1) is 0 Å². The third-order valence-corrected chi connectivity index (χ3v) is 4.45. The summed E-state index contributed by atoms with van der Waals surface area (Å²) in [7, 11) is 0. The molecule has 0 amide bonds. The number of amidine groups is 1. The fourth-order valence-electron chi connectivity index (χ4n) is 3.12. The van der Waals surface area contributed by atoms with Gasteiger partial charge in [0.1, 0.15) is 11.5 Å². The highest BCUT2D eigenvalue weighted by molar-refractivity contribution is 6.16. The van der Waals surface area contributed by atoms with Crippen molar-refractivity contribution in [2.24, 2.45) is 9.98 Å².